The van der Waals surface area contributed by atoms with E-state index in [9.17, 15) is 10.1 Å². The summed E-state index contributed by atoms with van der Waals surface area (Å²) in [7, 11) is 0. The summed E-state index contributed by atoms with van der Waals surface area (Å²) in [6.07, 6.45) is 0. The van der Waals surface area contributed by atoms with E-state index in [0.29, 0.717) is 16.7 Å². The molecule has 0 unspecified atom stereocenters. The number of benzene rings is 2. The normalized spacial score (nSPS) is 11.0. The van der Waals surface area contributed by atoms with Crippen molar-refractivity contribution < 1.29 is 9.66 Å². The number of hydrogen-bond acceptors (Lipinski definition) is 4. The Morgan fingerprint density at radius 3 is 2.52 bits per heavy atom. The Balaban J connectivity index is 1.99. The maximum absolute atomic E-state index is 11.2. The van der Waals surface area contributed by atoms with E-state index < -0.39 is 4.92 Å². The second kappa shape index (κ2) is 5.10. The number of pyridine rings is 1. The van der Waals surface area contributed by atoms with E-state index in [1.807, 2.05) is 42.5 Å². The van der Waals surface area contributed by atoms with E-state index in [1.165, 1.54) is 6.07 Å². The quantitative estimate of drug-likeness (QED) is 0.449. The monoisotopic (exact) mass is 305 g/mol. The number of nitrogens with zero attached hydrogens (tertiary/aromatic N) is 2. The van der Waals surface area contributed by atoms with Crippen molar-refractivity contribution in [2.45, 2.75) is 0 Å². The first kappa shape index (κ1) is 13.3. The van der Waals surface area contributed by atoms with Crippen molar-refractivity contribution in [3.63, 3.8) is 0 Å². The molecule has 0 radical (unpaired) electrons. The number of rotatable bonds is 3. The van der Waals surface area contributed by atoms with Crippen molar-refractivity contribution in [1.82, 2.24) is 9.97 Å². The summed E-state index contributed by atoms with van der Waals surface area (Å²) in [5, 5.41) is 12.8. The average molecular weight is 305 g/mol. The Morgan fingerprint density at radius 1 is 1.00 bits per heavy atom. The lowest BCUT2D eigenvalue weighted by molar-refractivity contribution is -0.389. The molecule has 6 nitrogen and oxygen atoms in total. The van der Waals surface area contributed by atoms with Crippen LogP contribution in [-0.2, 0) is 0 Å². The van der Waals surface area contributed by atoms with Gasteiger partial charge in [0.25, 0.3) is 0 Å². The fourth-order valence-corrected chi connectivity index (χ4v) is 2.57. The molecule has 4 rings (SSSR count). The molecule has 0 spiro atoms. The number of aromatic nitrogens is 2. The predicted molar refractivity (Wildman–Crippen MR) is 86.8 cm³/mol. The lowest BCUT2D eigenvalue weighted by Crippen LogP contribution is -1.95. The standard InChI is InChI=1S/C17H11N3O3/c21-20(22)15-10-13-12-8-4-5-9-14(12)18-16(13)17(19-15)23-11-6-2-1-3-7-11/h1-10,18H. The minimum absolute atomic E-state index is 0.191. The first-order valence-corrected chi connectivity index (χ1v) is 7.01. The molecule has 0 aliphatic carbocycles. The van der Waals surface area contributed by atoms with Crippen LogP contribution in [0.1, 0.15) is 0 Å². The van der Waals surface area contributed by atoms with Gasteiger partial charge in [0.15, 0.2) is 0 Å². The SMILES string of the molecule is O=[N+]([O-])c1cc2c([nH]c3ccccc32)c(Oc2ccccc2)n1. The van der Waals surface area contributed by atoms with Gasteiger partial charge in [-0.3, -0.25) is 0 Å². The highest BCUT2D eigenvalue weighted by atomic mass is 16.6. The Bertz CT molecular complexity index is 1030. The number of hydrogen-bond donors (Lipinski definition) is 1. The summed E-state index contributed by atoms with van der Waals surface area (Å²) in [6, 6.07) is 18.1. The Labute approximate surface area is 130 Å². The number of fused-ring (bicyclic) bond motifs is 3. The molecule has 4 aromatic rings. The summed E-state index contributed by atoms with van der Waals surface area (Å²) in [5.41, 5.74) is 1.52. The van der Waals surface area contributed by atoms with Gasteiger partial charge in [-0.05, 0) is 23.1 Å². The maximum atomic E-state index is 11.2. The van der Waals surface area contributed by atoms with Crippen molar-refractivity contribution in [3.8, 4) is 11.6 Å². The minimum Gasteiger partial charge on any atom is -0.419 e. The van der Waals surface area contributed by atoms with Gasteiger partial charge in [0.1, 0.15) is 11.3 Å². The van der Waals surface area contributed by atoms with Gasteiger partial charge in [-0.25, -0.2) is 0 Å². The Hall–Kier alpha value is -3.41. The number of H-pyrrole nitrogens is 1. The molecule has 0 saturated heterocycles. The van der Waals surface area contributed by atoms with Crippen molar-refractivity contribution in [2.75, 3.05) is 0 Å². The van der Waals surface area contributed by atoms with Gasteiger partial charge in [-0.2, -0.15) is 0 Å². The van der Waals surface area contributed by atoms with E-state index in [2.05, 4.69) is 9.97 Å². The highest BCUT2D eigenvalue weighted by Gasteiger charge is 2.21. The van der Waals surface area contributed by atoms with Gasteiger partial charge in [0.05, 0.1) is 0 Å². The van der Waals surface area contributed by atoms with Gasteiger partial charge in [0, 0.05) is 27.3 Å². The number of ether oxygens (including phenoxy) is 1. The van der Waals surface area contributed by atoms with Crippen LogP contribution in [0.25, 0.3) is 21.8 Å². The van der Waals surface area contributed by atoms with Crippen LogP contribution in [0.4, 0.5) is 5.82 Å². The maximum Gasteiger partial charge on any atom is 0.368 e. The van der Waals surface area contributed by atoms with Gasteiger partial charge >= 0.3 is 11.7 Å². The third-order valence-electron chi connectivity index (χ3n) is 3.59. The molecule has 2 heterocycles. The van der Waals surface area contributed by atoms with Gasteiger partial charge < -0.3 is 19.8 Å². The van der Waals surface area contributed by atoms with E-state index >= 15 is 0 Å². The first-order valence-electron chi connectivity index (χ1n) is 7.01. The molecular weight excluding hydrogens is 294 g/mol. The largest absolute Gasteiger partial charge is 0.419 e. The van der Waals surface area contributed by atoms with Crippen LogP contribution in [-0.4, -0.2) is 14.9 Å². The van der Waals surface area contributed by atoms with Gasteiger partial charge in [-0.15, -0.1) is 0 Å². The molecule has 2 aromatic carbocycles. The van der Waals surface area contributed by atoms with E-state index in [4.69, 9.17) is 4.74 Å². The molecule has 112 valence electrons. The molecule has 2 aromatic heterocycles. The summed E-state index contributed by atoms with van der Waals surface area (Å²) in [5.74, 6) is 0.519. The molecule has 0 amide bonds. The number of para-hydroxylation sites is 2. The Kier molecular flexibility index (Phi) is 2.94. The zero-order chi connectivity index (χ0) is 15.8. The molecule has 0 aliphatic heterocycles. The fraction of sp³-hybridized carbons (Fsp3) is 0. The highest BCUT2D eigenvalue weighted by Crippen LogP contribution is 2.35. The summed E-state index contributed by atoms with van der Waals surface area (Å²) < 4.78 is 5.77. The third-order valence-corrected chi connectivity index (χ3v) is 3.59. The molecule has 1 N–H and O–H groups in total. The summed E-state index contributed by atoms with van der Waals surface area (Å²) >= 11 is 0. The molecule has 0 saturated carbocycles. The Morgan fingerprint density at radius 2 is 1.74 bits per heavy atom. The van der Waals surface area contributed by atoms with E-state index in [1.54, 1.807) is 12.1 Å². The van der Waals surface area contributed by atoms with Crippen LogP contribution >= 0.6 is 0 Å². The van der Waals surface area contributed by atoms with Crippen molar-refractivity contribution in [3.05, 3.63) is 70.8 Å². The zero-order valence-electron chi connectivity index (χ0n) is 11.9. The number of nitrogens with one attached hydrogen (secondary N) is 1. The van der Waals surface area contributed by atoms with Crippen molar-refractivity contribution in [1.29, 1.82) is 0 Å². The van der Waals surface area contributed by atoms with Crippen molar-refractivity contribution >= 4 is 27.6 Å². The lowest BCUT2D eigenvalue weighted by Gasteiger charge is -2.02. The van der Waals surface area contributed by atoms with Gasteiger partial charge in [-0.1, -0.05) is 36.4 Å². The van der Waals surface area contributed by atoms with E-state index in [0.717, 1.165) is 10.9 Å². The molecule has 6 heteroatoms. The molecule has 0 atom stereocenters. The summed E-state index contributed by atoms with van der Waals surface area (Å²) in [4.78, 5) is 17.9. The second-order valence-electron chi connectivity index (χ2n) is 5.05. The minimum atomic E-state index is -0.515. The molecule has 0 fully saturated rings. The number of nitro groups is 1. The van der Waals surface area contributed by atoms with Crippen LogP contribution in [0.2, 0.25) is 0 Å². The van der Waals surface area contributed by atoms with Crippen molar-refractivity contribution in [2.24, 2.45) is 0 Å². The molecular formula is C17H11N3O3. The average Bonchev–Trinajstić information content (AvgIpc) is 2.95. The zero-order valence-corrected chi connectivity index (χ0v) is 11.9. The van der Waals surface area contributed by atoms with Crippen LogP contribution in [0.3, 0.4) is 0 Å². The molecule has 0 bridgehead atoms. The fourth-order valence-electron chi connectivity index (χ4n) is 2.57. The van der Waals surface area contributed by atoms with Crippen LogP contribution in [0.15, 0.2) is 60.7 Å². The summed E-state index contributed by atoms with van der Waals surface area (Å²) in [6.45, 7) is 0. The first-order chi connectivity index (χ1) is 11.2. The predicted octanol–water partition coefficient (Wildman–Crippen LogP) is 4.42. The van der Waals surface area contributed by atoms with E-state index in [-0.39, 0.29) is 11.7 Å². The van der Waals surface area contributed by atoms with Crippen LogP contribution in [0.5, 0.6) is 11.6 Å². The van der Waals surface area contributed by atoms with Gasteiger partial charge in [0.2, 0.25) is 0 Å². The molecule has 23 heavy (non-hydrogen) atoms. The topological polar surface area (TPSA) is 81.0 Å². The molecule has 0 aliphatic rings. The van der Waals surface area contributed by atoms with Crippen LogP contribution in [0, 0.1) is 10.1 Å². The highest BCUT2D eigenvalue weighted by molar-refractivity contribution is 6.09. The second-order valence-corrected chi connectivity index (χ2v) is 5.05. The smallest absolute Gasteiger partial charge is 0.368 e. The third kappa shape index (κ3) is 2.26. The lowest BCUT2D eigenvalue weighted by atomic mass is 10.2. The number of aromatic amines is 1. The van der Waals surface area contributed by atoms with Crippen LogP contribution < -0.4 is 4.74 Å².